The van der Waals surface area contributed by atoms with E-state index in [2.05, 4.69) is 15.6 Å². The van der Waals surface area contributed by atoms with Gasteiger partial charge in [0.15, 0.2) is 6.61 Å². The first kappa shape index (κ1) is 17.7. The molecule has 0 atom stereocenters. The lowest BCUT2D eigenvalue weighted by atomic mass is 10.1. The molecule has 0 radical (unpaired) electrons. The van der Waals surface area contributed by atoms with Crippen LogP contribution in [0.2, 0.25) is 0 Å². The fraction of sp³-hybridized carbons (Fsp3) is 0.333. The van der Waals surface area contributed by atoms with Gasteiger partial charge >= 0.3 is 0 Å². The molecule has 0 fully saturated rings. The van der Waals surface area contributed by atoms with Crippen molar-refractivity contribution >= 4 is 17.4 Å². The molecular formula is C18H23N3O3. The Bertz CT molecular complexity index is 672. The number of hydrogen-bond donors (Lipinski definition) is 3. The van der Waals surface area contributed by atoms with Crippen LogP contribution in [0.25, 0.3) is 0 Å². The van der Waals surface area contributed by atoms with Gasteiger partial charge in [0.05, 0.1) is 11.9 Å². The van der Waals surface area contributed by atoms with Gasteiger partial charge in [-0.1, -0.05) is 12.1 Å². The Labute approximate surface area is 141 Å². The number of pyridine rings is 1. The van der Waals surface area contributed by atoms with Crippen molar-refractivity contribution in [3.05, 3.63) is 47.7 Å². The lowest BCUT2D eigenvalue weighted by molar-refractivity contribution is -0.118. The summed E-state index contributed by atoms with van der Waals surface area (Å²) < 4.78 is 5.57. The highest BCUT2D eigenvalue weighted by Gasteiger charge is 2.06. The normalized spacial score (nSPS) is 10.3. The number of hydrogen-bond acceptors (Lipinski definition) is 5. The smallest absolute Gasteiger partial charge is 0.262 e. The average molecular weight is 329 g/mol. The molecule has 6 nitrogen and oxygen atoms in total. The first-order valence-corrected chi connectivity index (χ1v) is 7.89. The second-order valence-corrected chi connectivity index (χ2v) is 5.54. The third-order valence-electron chi connectivity index (χ3n) is 3.39. The third-order valence-corrected chi connectivity index (χ3v) is 3.39. The molecule has 1 amide bonds. The molecule has 0 spiro atoms. The Morgan fingerprint density at radius 3 is 2.79 bits per heavy atom. The minimum absolute atomic E-state index is 0.0548. The average Bonchev–Trinajstić information content (AvgIpc) is 2.57. The molecule has 3 N–H and O–H groups in total. The molecule has 1 aromatic carbocycles. The number of carbonyl (C=O) groups excluding carboxylic acids is 1. The summed E-state index contributed by atoms with van der Waals surface area (Å²) in [7, 11) is 0. The molecular weight excluding hydrogens is 306 g/mol. The summed E-state index contributed by atoms with van der Waals surface area (Å²) >= 11 is 0. The van der Waals surface area contributed by atoms with Gasteiger partial charge in [-0.15, -0.1) is 0 Å². The lowest BCUT2D eigenvalue weighted by Gasteiger charge is -2.10. The predicted octanol–water partition coefficient (Wildman–Crippen LogP) is 2.51. The largest absolute Gasteiger partial charge is 0.483 e. The Kier molecular flexibility index (Phi) is 6.57. The summed E-state index contributed by atoms with van der Waals surface area (Å²) in [6.45, 7) is 4.66. The molecule has 128 valence electrons. The highest BCUT2D eigenvalue weighted by Crippen LogP contribution is 2.19. The second kappa shape index (κ2) is 8.88. The molecule has 6 heteroatoms. The Morgan fingerprint density at radius 1 is 1.25 bits per heavy atom. The highest BCUT2D eigenvalue weighted by atomic mass is 16.5. The number of carbonyl (C=O) groups is 1. The van der Waals surface area contributed by atoms with E-state index in [1.54, 1.807) is 18.3 Å². The fourth-order valence-electron chi connectivity index (χ4n) is 2.07. The monoisotopic (exact) mass is 329 g/mol. The molecule has 1 heterocycles. The molecule has 0 aliphatic heterocycles. The maximum atomic E-state index is 12.0. The van der Waals surface area contributed by atoms with Crippen LogP contribution in [0.1, 0.15) is 17.5 Å². The van der Waals surface area contributed by atoms with Crippen molar-refractivity contribution in [2.45, 2.75) is 20.3 Å². The summed E-state index contributed by atoms with van der Waals surface area (Å²) in [5, 5.41) is 14.6. The summed E-state index contributed by atoms with van der Waals surface area (Å²) in [6.07, 6.45) is 2.24. The molecule has 2 aromatic rings. The molecule has 0 aliphatic rings. The van der Waals surface area contributed by atoms with Crippen LogP contribution in [0.3, 0.4) is 0 Å². The minimum atomic E-state index is -0.237. The predicted molar refractivity (Wildman–Crippen MR) is 94.5 cm³/mol. The molecule has 24 heavy (non-hydrogen) atoms. The first-order valence-electron chi connectivity index (χ1n) is 7.89. The Hall–Kier alpha value is -2.60. The number of rotatable bonds is 8. The topological polar surface area (TPSA) is 83.5 Å². The number of aliphatic hydroxyl groups is 1. The summed E-state index contributed by atoms with van der Waals surface area (Å²) in [5.41, 5.74) is 2.69. The fourth-order valence-corrected chi connectivity index (χ4v) is 2.07. The van der Waals surface area contributed by atoms with Crippen molar-refractivity contribution in [1.82, 2.24) is 4.98 Å². The number of ether oxygens (including phenoxy) is 1. The quantitative estimate of drug-likeness (QED) is 0.648. The number of nitrogens with one attached hydrogen (secondary N) is 2. The lowest BCUT2D eigenvalue weighted by Crippen LogP contribution is -2.20. The van der Waals surface area contributed by atoms with Crippen molar-refractivity contribution in [1.29, 1.82) is 0 Å². The van der Waals surface area contributed by atoms with Gasteiger partial charge in [0.2, 0.25) is 0 Å². The van der Waals surface area contributed by atoms with Crippen molar-refractivity contribution in [2.75, 3.05) is 30.4 Å². The summed E-state index contributed by atoms with van der Waals surface area (Å²) in [5.74, 6) is 1.18. The number of aromatic nitrogens is 1. The maximum absolute atomic E-state index is 12.0. The van der Waals surface area contributed by atoms with Gasteiger partial charge in [0.25, 0.3) is 5.91 Å². The molecule has 0 saturated carbocycles. The standard InChI is InChI=1S/C18H23N3O3/c1-13-4-5-14(2)16(10-13)24-12-18(23)21-15-6-7-17(20-11-15)19-8-3-9-22/h4-7,10-11,22H,3,8-9,12H2,1-2H3,(H,19,20)(H,21,23). The van der Waals surface area contributed by atoms with Gasteiger partial charge in [-0.25, -0.2) is 4.98 Å². The maximum Gasteiger partial charge on any atom is 0.262 e. The van der Waals surface area contributed by atoms with Crippen molar-refractivity contribution in [3.8, 4) is 5.75 Å². The van der Waals surface area contributed by atoms with Gasteiger partial charge in [-0.2, -0.15) is 0 Å². The number of benzene rings is 1. The summed E-state index contributed by atoms with van der Waals surface area (Å²) in [6, 6.07) is 9.43. The van der Waals surface area contributed by atoms with E-state index in [0.717, 1.165) is 11.1 Å². The van der Waals surface area contributed by atoms with Gasteiger partial charge < -0.3 is 20.5 Å². The van der Waals surface area contributed by atoms with Crippen molar-refractivity contribution in [3.63, 3.8) is 0 Å². The second-order valence-electron chi connectivity index (χ2n) is 5.54. The van der Waals surface area contributed by atoms with Crippen LogP contribution < -0.4 is 15.4 Å². The van der Waals surface area contributed by atoms with E-state index in [0.29, 0.717) is 30.2 Å². The van der Waals surface area contributed by atoms with E-state index in [9.17, 15) is 4.79 Å². The number of nitrogens with zero attached hydrogens (tertiary/aromatic N) is 1. The van der Waals surface area contributed by atoms with E-state index < -0.39 is 0 Å². The Morgan fingerprint density at radius 2 is 2.08 bits per heavy atom. The van der Waals surface area contributed by atoms with Crippen molar-refractivity contribution in [2.24, 2.45) is 0 Å². The number of aliphatic hydroxyl groups excluding tert-OH is 1. The number of aryl methyl sites for hydroxylation is 2. The molecule has 0 bridgehead atoms. The molecule has 1 aromatic heterocycles. The van der Waals surface area contributed by atoms with Crippen LogP contribution in [0.4, 0.5) is 11.5 Å². The molecule has 0 unspecified atom stereocenters. The highest BCUT2D eigenvalue weighted by molar-refractivity contribution is 5.91. The van der Waals surface area contributed by atoms with E-state index in [1.807, 2.05) is 32.0 Å². The molecule has 0 aliphatic carbocycles. The van der Waals surface area contributed by atoms with Gasteiger partial charge in [-0.05, 0) is 49.6 Å². The SMILES string of the molecule is Cc1ccc(C)c(OCC(=O)Nc2ccc(NCCCO)nc2)c1. The molecule has 0 saturated heterocycles. The van der Waals surface area contributed by atoms with Crippen LogP contribution in [-0.4, -0.2) is 35.8 Å². The first-order chi connectivity index (χ1) is 11.6. The van der Waals surface area contributed by atoms with E-state index in [4.69, 9.17) is 9.84 Å². The van der Waals surface area contributed by atoms with Gasteiger partial charge in [0, 0.05) is 13.2 Å². The Balaban J connectivity index is 1.82. The van der Waals surface area contributed by atoms with Gasteiger partial charge in [0.1, 0.15) is 11.6 Å². The van der Waals surface area contributed by atoms with Crippen LogP contribution in [0.15, 0.2) is 36.5 Å². The van der Waals surface area contributed by atoms with Crippen LogP contribution >= 0.6 is 0 Å². The zero-order valence-electron chi connectivity index (χ0n) is 14.0. The number of amides is 1. The third kappa shape index (κ3) is 5.55. The zero-order chi connectivity index (χ0) is 17.4. The molecule has 2 rings (SSSR count). The number of anilines is 2. The van der Waals surface area contributed by atoms with Crippen LogP contribution in [-0.2, 0) is 4.79 Å². The van der Waals surface area contributed by atoms with E-state index in [-0.39, 0.29) is 19.1 Å². The minimum Gasteiger partial charge on any atom is -0.483 e. The van der Waals surface area contributed by atoms with Crippen LogP contribution in [0.5, 0.6) is 5.75 Å². The zero-order valence-corrected chi connectivity index (χ0v) is 14.0. The summed E-state index contributed by atoms with van der Waals surface area (Å²) in [4.78, 5) is 16.2. The van der Waals surface area contributed by atoms with Crippen LogP contribution in [0, 0.1) is 13.8 Å². The van der Waals surface area contributed by atoms with E-state index in [1.165, 1.54) is 0 Å². The van der Waals surface area contributed by atoms with Crippen molar-refractivity contribution < 1.29 is 14.6 Å². The van der Waals surface area contributed by atoms with Gasteiger partial charge in [-0.3, -0.25) is 4.79 Å². The van der Waals surface area contributed by atoms with E-state index >= 15 is 0 Å².